The Bertz CT molecular complexity index is 4060. The second kappa shape index (κ2) is 29.2. The Morgan fingerprint density at radius 3 is 1.29 bits per heavy atom. The molecule has 0 radical (unpaired) electrons. The molecule has 0 fully saturated rings. The summed E-state index contributed by atoms with van der Waals surface area (Å²) in [5.41, 5.74) is 3.29. The lowest BCUT2D eigenvalue weighted by Crippen LogP contribution is -2.48. The van der Waals surface area contributed by atoms with Crippen molar-refractivity contribution in [2.24, 2.45) is 32.3 Å². The average molecular weight is 1470 g/mol. The minimum Gasteiger partial charge on any atom is -0.463 e. The van der Waals surface area contributed by atoms with E-state index in [0.717, 1.165) is 22.5 Å². The fourth-order valence-electron chi connectivity index (χ4n) is 10.9. The van der Waals surface area contributed by atoms with Gasteiger partial charge in [-0.15, -0.1) is 0 Å². The number of halogens is 13. The Labute approximate surface area is 568 Å². The molecular formula is C64H65BrCl2F10N14O6. The van der Waals surface area contributed by atoms with Crippen LogP contribution in [0, 0.1) is 10.8 Å². The summed E-state index contributed by atoms with van der Waals surface area (Å²) in [6, 6.07) is 20.2. The molecule has 0 aliphatic carbocycles. The van der Waals surface area contributed by atoms with E-state index in [0.29, 0.717) is 30.8 Å². The summed E-state index contributed by atoms with van der Waals surface area (Å²) in [6.45, 7) is 2.50. The van der Waals surface area contributed by atoms with Gasteiger partial charge in [0.1, 0.15) is 37.2 Å². The number of benzene rings is 4. The van der Waals surface area contributed by atoms with Crippen molar-refractivity contribution in [3.05, 3.63) is 153 Å². The molecule has 2 aliphatic rings. The second-order valence-corrected chi connectivity index (χ2v) is 27.1. The first kappa shape index (κ1) is 74.2. The Morgan fingerprint density at radius 1 is 0.567 bits per heavy atom. The summed E-state index contributed by atoms with van der Waals surface area (Å²) in [6.07, 6.45) is -2.94. The van der Waals surface area contributed by atoms with Gasteiger partial charge in [0.05, 0.1) is 35.0 Å². The number of hydrogen-bond donors (Lipinski definition) is 2. The van der Waals surface area contributed by atoms with Crippen molar-refractivity contribution >= 4 is 74.8 Å². The van der Waals surface area contributed by atoms with E-state index in [1.807, 2.05) is 0 Å². The molecule has 4 atom stereocenters. The van der Waals surface area contributed by atoms with E-state index in [1.165, 1.54) is 91.8 Å². The lowest BCUT2D eigenvalue weighted by molar-refractivity contribution is -0.152. The number of carbonyl (C=O) groups excluding carboxylic acids is 4. The van der Waals surface area contributed by atoms with Crippen molar-refractivity contribution in [3.8, 4) is 34.2 Å². The maximum absolute atomic E-state index is 15.6. The number of aromatic nitrogens is 8. The SMILES string of the molecule is CC(C)(F)C[C@]1(c2ccc(-c3ncccn3)cc2)N=C(N)N([C@H](COC(=O)CC(C)(C)C(F)F)c2ccc(Cl)c(-c3ncnn3C(F)F)c2)C1=O.CC(C)(F)C[C@]1(c2ccc(Br)cc2)N=C(N)N([C@H](COC(=O)CC(C)(C)C(F)F)c2ccc(Cl)c(-c3ncnn3C(F)F)c2)C1=O. The molecule has 4 N–H and O–H groups in total. The number of nitrogens with zero attached hydrogens (tertiary/aromatic N) is 12. The molecule has 0 bridgehead atoms. The molecular weight excluding hydrogens is 1400 g/mol. The van der Waals surface area contributed by atoms with Crippen LogP contribution < -0.4 is 11.5 Å². The molecule has 20 nitrogen and oxygen atoms in total. The van der Waals surface area contributed by atoms with E-state index in [4.69, 9.17) is 44.1 Å². The van der Waals surface area contributed by atoms with Crippen molar-refractivity contribution in [1.82, 2.24) is 49.3 Å². The third kappa shape index (κ3) is 16.7. The highest BCUT2D eigenvalue weighted by atomic mass is 79.9. The topological polar surface area (TPSA) is 257 Å². The molecule has 33 heteroatoms. The third-order valence-corrected chi connectivity index (χ3v) is 16.9. The monoisotopic (exact) mass is 1460 g/mol. The minimum atomic E-state index is -3.08. The predicted molar refractivity (Wildman–Crippen MR) is 341 cm³/mol. The first-order chi connectivity index (χ1) is 45.3. The Balaban J connectivity index is 0.000000249. The van der Waals surface area contributed by atoms with Crippen LogP contribution in [0.15, 0.2) is 131 Å². The molecule has 97 heavy (non-hydrogen) atoms. The van der Waals surface area contributed by atoms with Crippen LogP contribution in [0.5, 0.6) is 0 Å². The molecule has 9 rings (SSSR count). The van der Waals surface area contributed by atoms with Crippen molar-refractivity contribution < 1.29 is 72.6 Å². The van der Waals surface area contributed by atoms with Gasteiger partial charge in [-0.05, 0) is 92.4 Å². The highest BCUT2D eigenvalue weighted by Crippen LogP contribution is 2.47. The third-order valence-electron chi connectivity index (χ3n) is 15.7. The zero-order valence-electron chi connectivity index (χ0n) is 53.1. The van der Waals surface area contributed by atoms with Gasteiger partial charge in [-0.2, -0.15) is 37.1 Å². The second-order valence-electron chi connectivity index (χ2n) is 25.4. The van der Waals surface area contributed by atoms with E-state index < -0.39 is 134 Å². The van der Waals surface area contributed by atoms with Gasteiger partial charge in [-0.25, -0.2) is 56.3 Å². The summed E-state index contributed by atoms with van der Waals surface area (Å²) >= 11 is 16.1. The molecule has 0 spiro atoms. The number of hydrogen-bond acceptors (Lipinski definition) is 16. The van der Waals surface area contributed by atoms with Gasteiger partial charge in [-0.1, -0.05) is 115 Å². The molecule has 7 aromatic rings. The molecule has 0 unspecified atom stereocenters. The van der Waals surface area contributed by atoms with E-state index >= 15 is 8.78 Å². The van der Waals surface area contributed by atoms with Crippen molar-refractivity contribution in [2.45, 2.75) is 142 Å². The summed E-state index contributed by atoms with van der Waals surface area (Å²) in [7, 11) is 0. The molecule has 2 amide bonds. The van der Waals surface area contributed by atoms with Crippen LogP contribution in [0.1, 0.15) is 129 Å². The van der Waals surface area contributed by atoms with E-state index in [2.05, 4.69) is 56.0 Å². The lowest BCUT2D eigenvalue weighted by atomic mass is 9.80. The number of esters is 2. The summed E-state index contributed by atoms with van der Waals surface area (Å²) < 4.78 is 152. The fraction of sp³-hybridized carbons (Fsp3) is 0.406. The van der Waals surface area contributed by atoms with Crippen LogP contribution in [0.4, 0.5) is 43.9 Å². The van der Waals surface area contributed by atoms with Crippen LogP contribution in [-0.2, 0) is 39.7 Å². The van der Waals surface area contributed by atoms with Gasteiger partial charge >= 0.3 is 25.0 Å². The van der Waals surface area contributed by atoms with Crippen molar-refractivity contribution in [1.29, 1.82) is 0 Å². The fourth-order valence-corrected chi connectivity index (χ4v) is 11.6. The average Bonchev–Trinajstić information content (AvgIpc) is 1.60. The highest BCUT2D eigenvalue weighted by Gasteiger charge is 2.56. The summed E-state index contributed by atoms with van der Waals surface area (Å²) in [5.74, 6) is -4.48. The zero-order chi connectivity index (χ0) is 71.5. The normalized spacial score (nSPS) is 17.6. The van der Waals surface area contributed by atoms with Crippen LogP contribution in [0.25, 0.3) is 34.2 Å². The number of rotatable bonds is 25. The molecule has 4 aromatic carbocycles. The van der Waals surface area contributed by atoms with Gasteiger partial charge < -0.3 is 20.9 Å². The van der Waals surface area contributed by atoms with Crippen molar-refractivity contribution in [3.63, 3.8) is 0 Å². The van der Waals surface area contributed by atoms with Gasteiger partial charge in [0, 0.05) is 57.2 Å². The first-order valence-electron chi connectivity index (χ1n) is 29.5. The maximum atomic E-state index is 15.6. The highest BCUT2D eigenvalue weighted by molar-refractivity contribution is 9.10. The number of guanidine groups is 2. The maximum Gasteiger partial charge on any atom is 0.335 e. The quantitative estimate of drug-likeness (QED) is 0.0399. The van der Waals surface area contributed by atoms with Crippen LogP contribution >= 0.6 is 39.1 Å². The standard InChI is InChI=1S/C34H34ClF5N8O3.C30H31BrClF5N6O3/c1-32(2,28(36)37)15-25(49)51-16-24(20-8-11-23(35)22(14-20)27-44-18-45-48(27)30(38)39)47-29(50)34(46-31(47)41,17-33(3,4)40)21-9-6-19(7-10-21)26-42-12-5-13-43-26;1-28(2,24(33)34)12-22(44)46-13-21(16-5-10-20(32)19(11-16)23-39-15-40-43(23)26(35)36)42-25(45)30(41-27(42)38,14-29(3,4)37)17-6-8-18(31)9-7-17/h5-14,18,24,28,30H,15-17H2,1-4H3,(H2,41,46);5-11,15,21,24,26H,12-14H2,1-4H3,(H2,38,41)/t24-,34-;21-,30-/m11/s1. The largest absolute Gasteiger partial charge is 0.463 e. The predicted octanol–water partition coefficient (Wildman–Crippen LogP) is 14.1. The smallest absolute Gasteiger partial charge is 0.335 e. The molecule has 0 saturated heterocycles. The first-order valence-corrected chi connectivity index (χ1v) is 31.1. The summed E-state index contributed by atoms with van der Waals surface area (Å²) in [5, 5.41) is 7.08. The van der Waals surface area contributed by atoms with E-state index in [9.17, 15) is 54.3 Å². The molecule has 3 aromatic heterocycles. The van der Waals surface area contributed by atoms with Gasteiger partial charge in [0.15, 0.2) is 40.5 Å². The number of carbonyl (C=O) groups is 4. The molecule has 2 aliphatic heterocycles. The molecule has 0 saturated carbocycles. The summed E-state index contributed by atoms with van der Waals surface area (Å²) in [4.78, 5) is 82.1. The number of aliphatic imine (C=N–C) groups is 2. The Morgan fingerprint density at radius 2 is 0.938 bits per heavy atom. The number of alkyl halides is 10. The lowest BCUT2D eigenvalue weighted by Gasteiger charge is -2.33. The molecule has 518 valence electrons. The molecule has 5 heterocycles. The van der Waals surface area contributed by atoms with Crippen LogP contribution in [-0.4, -0.2) is 122 Å². The van der Waals surface area contributed by atoms with Gasteiger partial charge in [0.25, 0.3) is 11.8 Å². The Kier molecular flexibility index (Phi) is 22.4. The van der Waals surface area contributed by atoms with Gasteiger partial charge in [0.2, 0.25) is 12.9 Å². The Hall–Kier alpha value is -8.58. The van der Waals surface area contributed by atoms with Gasteiger partial charge in [-0.3, -0.25) is 29.0 Å². The van der Waals surface area contributed by atoms with Crippen LogP contribution in [0.2, 0.25) is 10.0 Å². The number of nitrogens with two attached hydrogens (primary N) is 2. The minimum absolute atomic E-state index is 0.00153. The van der Waals surface area contributed by atoms with Crippen molar-refractivity contribution in [2.75, 3.05) is 13.2 Å². The van der Waals surface area contributed by atoms with Crippen LogP contribution in [0.3, 0.4) is 0 Å². The number of ether oxygens (including phenoxy) is 2. The van der Waals surface area contributed by atoms with E-state index in [1.54, 1.807) is 67.0 Å². The van der Waals surface area contributed by atoms with E-state index in [-0.39, 0.29) is 61.4 Å². The number of amides is 2. The zero-order valence-corrected chi connectivity index (χ0v) is 56.2.